The largest absolute Gasteiger partial charge is 0.493 e. The molecule has 3 rings (SSSR count). The van der Waals surface area contributed by atoms with E-state index in [1.54, 1.807) is 7.11 Å². The van der Waals surface area contributed by atoms with Crippen molar-refractivity contribution in [2.24, 2.45) is 5.92 Å². The van der Waals surface area contributed by atoms with Crippen molar-refractivity contribution in [3.63, 3.8) is 0 Å². The van der Waals surface area contributed by atoms with Crippen LogP contribution in [0.25, 0.3) is 0 Å². The number of methoxy groups -OCH3 is 1. The molecule has 1 amide bonds. The van der Waals surface area contributed by atoms with E-state index in [-0.39, 0.29) is 18.1 Å². The summed E-state index contributed by atoms with van der Waals surface area (Å²) >= 11 is 0. The van der Waals surface area contributed by atoms with Gasteiger partial charge in [-0.05, 0) is 43.7 Å². The number of aryl methyl sites for hydroxylation is 1. The molecule has 2 heterocycles. The number of carbonyl (C=O) groups is 1. The number of ether oxygens (including phenoxy) is 3. The molecule has 6 heteroatoms. The van der Waals surface area contributed by atoms with Crippen LogP contribution in [-0.4, -0.2) is 51.5 Å². The summed E-state index contributed by atoms with van der Waals surface area (Å²) in [6, 6.07) is 5.60. The molecule has 2 aliphatic rings. The lowest BCUT2D eigenvalue weighted by atomic mass is 10.0. The number of hydrogen-bond donors (Lipinski definition) is 2. The Morgan fingerprint density at radius 2 is 2.16 bits per heavy atom. The summed E-state index contributed by atoms with van der Waals surface area (Å²) in [5.41, 5.74) is 1.84. The Bertz CT molecular complexity index is 587. The van der Waals surface area contributed by atoms with E-state index in [4.69, 9.17) is 14.2 Å². The first-order chi connectivity index (χ1) is 12.2. The Balaban J connectivity index is 1.56. The third-order valence-corrected chi connectivity index (χ3v) is 5.01. The van der Waals surface area contributed by atoms with Crippen molar-refractivity contribution in [2.45, 2.75) is 38.3 Å². The molecule has 2 N–H and O–H groups in total. The lowest BCUT2D eigenvalue weighted by molar-refractivity contribution is -0.118. The molecule has 0 aliphatic carbocycles. The second kappa shape index (κ2) is 8.65. The van der Waals surface area contributed by atoms with Gasteiger partial charge in [0, 0.05) is 38.6 Å². The van der Waals surface area contributed by atoms with Gasteiger partial charge in [0.1, 0.15) is 5.75 Å². The van der Waals surface area contributed by atoms with Crippen molar-refractivity contribution in [3.8, 4) is 5.75 Å². The minimum Gasteiger partial charge on any atom is -0.493 e. The van der Waals surface area contributed by atoms with E-state index in [9.17, 15) is 4.79 Å². The minimum absolute atomic E-state index is 0.0289. The Morgan fingerprint density at radius 1 is 1.36 bits per heavy atom. The molecule has 138 valence electrons. The number of benzene rings is 1. The average Bonchev–Trinajstić information content (AvgIpc) is 3.12. The van der Waals surface area contributed by atoms with Crippen molar-refractivity contribution < 1.29 is 19.0 Å². The average molecular weight is 348 g/mol. The molecule has 1 aromatic rings. The van der Waals surface area contributed by atoms with Gasteiger partial charge in [0.15, 0.2) is 0 Å². The van der Waals surface area contributed by atoms with Crippen molar-refractivity contribution in [2.75, 3.05) is 38.8 Å². The van der Waals surface area contributed by atoms with Crippen LogP contribution in [0, 0.1) is 12.8 Å². The molecule has 1 aromatic carbocycles. The van der Waals surface area contributed by atoms with Gasteiger partial charge in [-0.3, -0.25) is 4.79 Å². The molecule has 2 aliphatic heterocycles. The van der Waals surface area contributed by atoms with Gasteiger partial charge in [-0.2, -0.15) is 0 Å². The maximum atomic E-state index is 12.4. The third kappa shape index (κ3) is 4.93. The van der Waals surface area contributed by atoms with Gasteiger partial charge in [-0.15, -0.1) is 0 Å². The van der Waals surface area contributed by atoms with Gasteiger partial charge in [0.05, 0.1) is 18.8 Å². The zero-order valence-electron chi connectivity index (χ0n) is 15.0. The normalized spacial score (nSPS) is 24.2. The second-order valence-electron chi connectivity index (χ2n) is 6.89. The summed E-state index contributed by atoms with van der Waals surface area (Å²) in [7, 11) is 1.68. The van der Waals surface area contributed by atoms with E-state index >= 15 is 0 Å². The molecular formula is C19H28N2O4. The zero-order chi connectivity index (χ0) is 17.6. The van der Waals surface area contributed by atoms with Crippen LogP contribution in [0.2, 0.25) is 0 Å². The van der Waals surface area contributed by atoms with Crippen molar-refractivity contribution in [1.29, 1.82) is 0 Å². The predicted molar refractivity (Wildman–Crippen MR) is 96.1 cm³/mol. The van der Waals surface area contributed by atoms with Crippen LogP contribution in [0.4, 0.5) is 5.69 Å². The number of carbonyl (C=O) groups excluding carboxylic acids is 1. The highest BCUT2D eigenvalue weighted by molar-refractivity contribution is 5.95. The van der Waals surface area contributed by atoms with Crippen molar-refractivity contribution in [1.82, 2.24) is 5.32 Å². The van der Waals surface area contributed by atoms with Gasteiger partial charge < -0.3 is 24.8 Å². The van der Waals surface area contributed by atoms with Gasteiger partial charge in [-0.25, -0.2) is 0 Å². The van der Waals surface area contributed by atoms with Gasteiger partial charge in [-0.1, -0.05) is 6.07 Å². The van der Waals surface area contributed by atoms with Crippen LogP contribution in [-0.2, 0) is 14.3 Å². The molecule has 2 atom stereocenters. The van der Waals surface area contributed by atoms with E-state index in [0.29, 0.717) is 25.5 Å². The molecule has 0 bridgehead atoms. The van der Waals surface area contributed by atoms with Gasteiger partial charge in [0.25, 0.3) is 0 Å². The van der Waals surface area contributed by atoms with E-state index in [1.165, 1.54) is 0 Å². The van der Waals surface area contributed by atoms with Crippen LogP contribution in [0.1, 0.15) is 24.8 Å². The van der Waals surface area contributed by atoms with E-state index in [0.717, 1.165) is 43.1 Å². The van der Waals surface area contributed by atoms with Gasteiger partial charge in [0.2, 0.25) is 5.91 Å². The summed E-state index contributed by atoms with van der Waals surface area (Å²) in [4.78, 5) is 12.4. The highest BCUT2D eigenvalue weighted by Gasteiger charge is 2.29. The Labute approximate surface area is 149 Å². The number of anilines is 1. The van der Waals surface area contributed by atoms with Crippen LogP contribution >= 0.6 is 0 Å². The molecule has 6 nitrogen and oxygen atoms in total. The monoisotopic (exact) mass is 348 g/mol. The standard InChI is InChI=1S/C19H28N2O4/c1-13-3-4-15(21-19(22)17-10-16(23-2)11-20-17)9-18(13)25-12-14-5-7-24-8-6-14/h3-4,9,14,16-17,20H,5-8,10-12H2,1-2H3,(H,21,22)/t16-,17+/m0/s1. The molecule has 0 unspecified atom stereocenters. The van der Waals surface area contributed by atoms with Crippen LogP contribution in [0.5, 0.6) is 5.75 Å². The summed E-state index contributed by atoms with van der Waals surface area (Å²) in [6.07, 6.45) is 2.89. The molecule has 0 radical (unpaired) electrons. The topological polar surface area (TPSA) is 68.8 Å². The SMILES string of the molecule is CO[C@@H]1CN[C@@H](C(=O)Nc2ccc(C)c(OCC3CCOCC3)c2)C1. The predicted octanol–water partition coefficient (Wildman–Crippen LogP) is 2.12. The summed E-state index contributed by atoms with van der Waals surface area (Å²) < 4.78 is 16.7. The van der Waals surface area contributed by atoms with Crippen LogP contribution in [0.3, 0.4) is 0 Å². The van der Waals surface area contributed by atoms with Gasteiger partial charge >= 0.3 is 0 Å². The van der Waals surface area contributed by atoms with Crippen LogP contribution in [0.15, 0.2) is 18.2 Å². The number of hydrogen-bond acceptors (Lipinski definition) is 5. The summed E-state index contributed by atoms with van der Waals surface area (Å²) in [5.74, 6) is 1.34. The fourth-order valence-corrected chi connectivity index (χ4v) is 3.27. The van der Waals surface area contributed by atoms with Crippen LogP contribution < -0.4 is 15.4 Å². The quantitative estimate of drug-likeness (QED) is 0.824. The second-order valence-corrected chi connectivity index (χ2v) is 6.89. The van der Waals surface area contributed by atoms with Crippen molar-refractivity contribution >= 4 is 11.6 Å². The maximum Gasteiger partial charge on any atom is 0.241 e. The highest BCUT2D eigenvalue weighted by atomic mass is 16.5. The molecule has 0 saturated carbocycles. The number of amides is 1. The fourth-order valence-electron chi connectivity index (χ4n) is 3.27. The maximum absolute atomic E-state index is 12.4. The number of rotatable bonds is 6. The third-order valence-electron chi connectivity index (χ3n) is 5.01. The van der Waals surface area contributed by atoms with Crippen molar-refractivity contribution in [3.05, 3.63) is 23.8 Å². The van der Waals surface area contributed by atoms with E-state index < -0.39 is 0 Å². The first kappa shape index (κ1) is 18.2. The smallest absolute Gasteiger partial charge is 0.241 e. The highest BCUT2D eigenvalue weighted by Crippen LogP contribution is 2.25. The Kier molecular flexibility index (Phi) is 6.29. The molecule has 25 heavy (non-hydrogen) atoms. The molecule has 2 saturated heterocycles. The summed E-state index contributed by atoms with van der Waals surface area (Å²) in [5, 5.41) is 6.17. The lowest BCUT2D eigenvalue weighted by Gasteiger charge is -2.22. The minimum atomic E-state index is -0.210. The summed E-state index contributed by atoms with van der Waals surface area (Å²) in [6.45, 7) is 5.07. The van der Waals surface area contributed by atoms with E-state index in [1.807, 2.05) is 25.1 Å². The Morgan fingerprint density at radius 3 is 2.88 bits per heavy atom. The molecule has 0 spiro atoms. The zero-order valence-corrected chi connectivity index (χ0v) is 15.0. The molecular weight excluding hydrogens is 320 g/mol. The lowest BCUT2D eigenvalue weighted by Crippen LogP contribution is -2.35. The van der Waals surface area contributed by atoms with E-state index in [2.05, 4.69) is 10.6 Å². The molecule has 2 fully saturated rings. The first-order valence-electron chi connectivity index (χ1n) is 9.04. The fraction of sp³-hybridized carbons (Fsp3) is 0.632. The Hall–Kier alpha value is -1.63. The molecule has 0 aromatic heterocycles. The first-order valence-corrected chi connectivity index (χ1v) is 9.04. The number of nitrogens with one attached hydrogen (secondary N) is 2.